The van der Waals surface area contributed by atoms with Crippen LogP contribution in [-0.2, 0) is 0 Å². The van der Waals surface area contributed by atoms with Crippen LogP contribution >= 0.6 is 0 Å². The van der Waals surface area contributed by atoms with Crippen molar-refractivity contribution < 1.29 is 0 Å². The minimum absolute atomic E-state index is 0.157. The molecule has 0 aliphatic heterocycles. The molecule has 1 rings (SSSR count). The zero-order chi connectivity index (χ0) is 10.6. The van der Waals surface area contributed by atoms with Crippen molar-refractivity contribution in [1.29, 1.82) is 5.41 Å². The second-order valence-electron chi connectivity index (χ2n) is 3.27. The third kappa shape index (κ3) is 2.69. The van der Waals surface area contributed by atoms with Crippen molar-refractivity contribution in [2.24, 2.45) is 5.73 Å². The molecule has 0 fully saturated rings. The average Bonchev–Trinajstić information content (AvgIpc) is 2.17. The maximum Gasteiger partial charge on any atom is 0.151 e. The van der Waals surface area contributed by atoms with Crippen LogP contribution in [0.25, 0.3) is 0 Å². The van der Waals surface area contributed by atoms with Crippen molar-refractivity contribution in [2.45, 2.75) is 19.4 Å². The molecular weight excluding hydrogens is 178 g/mol. The Morgan fingerprint density at radius 3 is 2.93 bits per heavy atom. The molecule has 3 N–H and O–H groups in total. The number of nitrogens with zero attached hydrogens (tertiary/aromatic N) is 3. The van der Waals surface area contributed by atoms with Gasteiger partial charge in [0.1, 0.15) is 0 Å². The van der Waals surface area contributed by atoms with E-state index in [4.69, 9.17) is 11.1 Å². The second kappa shape index (κ2) is 4.55. The molecule has 0 saturated heterocycles. The van der Waals surface area contributed by atoms with Crippen LogP contribution < -0.4 is 10.6 Å². The van der Waals surface area contributed by atoms with E-state index in [1.807, 2.05) is 31.0 Å². The number of anilines is 1. The highest BCUT2D eigenvalue weighted by atomic mass is 15.3. The van der Waals surface area contributed by atoms with Crippen LogP contribution in [0.5, 0.6) is 0 Å². The van der Waals surface area contributed by atoms with Gasteiger partial charge in [0.05, 0.1) is 5.84 Å². The van der Waals surface area contributed by atoms with Crippen molar-refractivity contribution in [2.75, 3.05) is 11.9 Å². The van der Waals surface area contributed by atoms with E-state index in [-0.39, 0.29) is 11.9 Å². The zero-order valence-electron chi connectivity index (χ0n) is 8.44. The zero-order valence-corrected chi connectivity index (χ0v) is 8.44. The van der Waals surface area contributed by atoms with E-state index >= 15 is 0 Å². The van der Waals surface area contributed by atoms with E-state index in [0.717, 1.165) is 5.82 Å². The lowest BCUT2D eigenvalue weighted by atomic mass is 10.2. The van der Waals surface area contributed by atoms with Gasteiger partial charge < -0.3 is 10.6 Å². The lowest BCUT2D eigenvalue weighted by Gasteiger charge is -2.24. The van der Waals surface area contributed by atoms with Gasteiger partial charge in [0, 0.05) is 25.7 Å². The lowest BCUT2D eigenvalue weighted by Crippen LogP contribution is -2.33. The van der Waals surface area contributed by atoms with Gasteiger partial charge in [-0.2, -0.15) is 5.10 Å². The Hall–Kier alpha value is -1.65. The monoisotopic (exact) mass is 193 g/mol. The number of hydrogen-bond donors (Lipinski definition) is 2. The van der Waals surface area contributed by atoms with E-state index in [0.29, 0.717) is 6.42 Å². The van der Waals surface area contributed by atoms with Gasteiger partial charge in [0.25, 0.3) is 0 Å². The van der Waals surface area contributed by atoms with E-state index in [1.165, 1.54) is 0 Å². The number of nitrogens with two attached hydrogens (primary N) is 1. The highest BCUT2D eigenvalue weighted by molar-refractivity contribution is 5.77. The molecule has 0 aliphatic carbocycles. The van der Waals surface area contributed by atoms with E-state index < -0.39 is 0 Å². The summed E-state index contributed by atoms with van der Waals surface area (Å²) in [5.41, 5.74) is 5.33. The smallest absolute Gasteiger partial charge is 0.151 e. The SMILES string of the molecule is CC(CC(=N)N)N(C)c1cccnn1. The predicted molar refractivity (Wildman–Crippen MR) is 56.4 cm³/mol. The number of hydrogen-bond acceptors (Lipinski definition) is 4. The first-order valence-corrected chi connectivity index (χ1v) is 4.44. The Labute approximate surface area is 83.4 Å². The van der Waals surface area contributed by atoms with Gasteiger partial charge in [0.15, 0.2) is 5.82 Å². The van der Waals surface area contributed by atoms with Crippen LogP contribution in [-0.4, -0.2) is 29.1 Å². The Kier molecular flexibility index (Phi) is 3.39. The fraction of sp³-hybridized carbons (Fsp3) is 0.444. The van der Waals surface area contributed by atoms with E-state index in [1.54, 1.807) is 6.20 Å². The molecular formula is C9H15N5. The van der Waals surface area contributed by atoms with Gasteiger partial charge in [-0.15, -0.1) is 5.10 Å². The van der Waals surface area contributed by atoms with E-state index in [2.05, 4.69) is 10.2 Å². The summed E-state index contributed by atoms with van der Waals surface area (Å²) in [4.78, 5) is 1.95. The maximum absolute atomic E-state index is 7.20. The summed E-state index contributed by atoms with van der Waals surface area (Å²) in [5, 5.41) is 15.0. The van der Waals surface area contributed by atoms with Crippen LogP contribution in [0.3, 0.4) is 0 Å². The molecule has 1 aromatic rings. The highest BCUT2D eigenvalue weighted by Gasteiger charge is 2.11. The van der Waals surface area contributed by atoms with Crippen LogP contribution in [0, 0.1) is 5.41 Å². The molecule has 1 heterocycles. The highest BCUT2D eigenvalue weighted by Crippen LogP contribution is 2.11. The Morgan fingerprint density at radius 2 is 2.43 bits per heavy atom. The standard InChI is InChI=1S/C9H15N5/c1-7(6-8(10)11)14(2)9-4-3-5-12-13-9/h3-5,7H,6H2,1-2H3,(H3,10,11). The summed E-state index contributed by atoms with van der Waals surface area (Å²) in [7, 11) is 1.91. The first-order chi connectivity index (χ1) is 6.61. The van der Waals surface area contributed by atoms with Gasteiger partial charge in [-0.3, -0.25) is 5.41 Å². The maximum atomic E-state index is 7.20. The summed E-state index contributed by atoms with van der Waals surface area (Å²) < 4.78 is 0. The van der Waals surface area contributed by atoms with Gasteiger partial charge in [-0.05, 0) is 19.1 Å². The largest absolute Gasteiger partial charge is 0.388 e. The number of nitrogens with one attached hydrogen (secondary N) is 1. The fourth-order valence-electron chi connectivity index (χ4n) is 1.16. The molecule has 14 heavy (non-hydrogen) atoms. The third-order valence-corrected chi connectivity index (χ3v) is 2.10. The van der Waals surface area contributed by atoms with E-state index in [9.17, 15) is 0 Å². The molecule has 1 unspecified atom stereocenters. The fourth-order valence-corrected chi connectivity index (χ4v) is 1.16. The van der Waals surface area contributed by atoms with Gasteiger partial charge in [0.2, 0.25) is 0 Å². The molecule has 0 aliphatic rings. The summed E-state index contributed by atoms with van der Waals surface area (Å²) >= 11 is 0. The third-order valence-electron chi connectivity index (χ3n) is 2.10. The van der Waals surface area contributed by atoms with Crippen molar-refractivity contribution in [3.05, 3.63) is 18.3 Å². The minimum atomic E-state index is 0.157. The molecule has 0 saturated carbocycles. The summed E-state index contributed by atoms with van der Waals surface area (Å²) in [6.45, 7) is 2.00. The summed E-state index contributed by atoms with van der Waals surface area (Å²) in [6, 6.07) is 3.87. The Balaban J connectivity index is 2.65. The summed E-state index contributed by atoms with van der Waals surface area (Å²) in [6.07, 6.45) is 2.17. The molecule has 5 heteroatoms. The molecule has 0 radical (unpaired) electrons. The number of rotatable bonds is 4. The first kappa shape index (κ1) is 10.4. The molecule has 5 nitrogen and oxygen atoms in total. The molecule has 0 bridgehead atoms. The normalized spacial score (nSPS) is 12.1. The van der Waals surface area contributed by atoms with Crippen molar-refractivity contribution >= 4 is 11.7 Å². The molecule has 76 valence electrons. The first-order valence-electron chi connectivity index (χ1n) is 4.44. The van der Waals surface area contributed by atoms with Crippen LogP contribution in [0.2, 0.25) is 0 Å². The minimum Gasteiger partial charge on any atom is -0.388 e. The molecule has 0 amide bonds. The van der Waals surface area contributed by atoms with Crippen LogP contribution in [0.4, 0.5) is 5.82 Å². The average molecular weight is 193 g/mol. The van der Waals surface area contributed by atoms with Crippen molar-refractivity contribution in [1.82, 2.24) is 10.2 Å². The van der Waals surface area contributed by atoms with Gasteiger partial charge >= 0.3 is 0 Å². The topological polar surface area (TPSA) is 78.9 Å². The molecule has 1 aromatic heterocycles. The molecule has 0 spiro atoms. The Morgan fingerprint density at radius 1 is 1.71 bits per heavy atom. The van der Waals surface area contributed by atoms with Crippen LogP contribution in [0.1, 0.15) is 13.3 Å². The molecule has 0 aromatic carbocycles. The van der Waals surface area contributed by atoms with Crippen molar-refractivity contribution in [3.8, 4) is 0 Å². The number of amidine groups is 1. The molecule has 1 atom stereocenters. The van der Waals surface area contributed by atoms with Gasteiger partial charge in [-0.25, -0.2) is 0 Å². The number of aromatic nitrogens is 2. The lowest BCUT2D eigenvalue weighted by molar-refractivity contribution is 0.693. The Bertz CT molecular complexity index is 297. The van der Waals surface area contributed by atoms with Gasteiger partial charge in [-0.1, -0.05) is 0 Å². The van der Waals surface area contributed by atoms with Crippen molar-refractivity contribution in [3.63, 3.8) is 0 Å². The van der Waals surface area contributed by atoms with Crippen LogP contribution in [0.15, 0.2) is 18.3 Å². The quantitative estimate of drug-likeness (QED) is 0.543. The summed E-state index contributed by atoms with van der Waals surface area (Å²) in [5.74, 6) is 0.981. The predicted octanol–water partition coefficient (Wildman–Crippen LogP) is 0.627. The second-order valence-corrected chi connectivity index (χ2v) is 3.27.